The summed E-state index contributed by atoms with van der Waals surface area (Å²) in [6.45, 7) is 5.48. The third kappa shape index (κ3) is 20.0. The maximum absolute atomic E-state index is 13.1. The van der Waals surface area contributed by atoms with E-state index in [9.17, 15) is 4.57 Å². The first-order chi connectivity index (χ1) is 15.6. The van der Waals surface area contributed by atoms with Gasteiger partial charge in [-0.15, -0.1) is 11.8 Å². The predicted octanol–water partition coefficient (Wildman–Crippen LogP) is 10.7. The van der Waals surface area contributed by atoms with Crippen LogP contribution in [0.2, 0.25) is 0 Å². The van der Waals surface area contributed by atoms with Gasteiger partial charge >= 0.3 is 7.60 Å². The zero-order valence-electron chi connectivity index (χ0n) is 21.5. The van der Waals surface area contributed by atoms with Crippen LogP contribution in [0.25, 0.3) is 0 Å². The van der Waals surface area contributed by atoms with Crippen LogP contribution in [0.5, 0.6) is 0 Å². The molecule has 0 aliphatic carbocycles. The molecule has 0 saturated carbocycles. The molecule has 0 fully saturated rings. The van der Waals surface area contributed by atoms with Gasteiger partial charge in [0.15, 0.2) is 3.94 Å². The van der Waals surface area contributed by atoms with Crippen molar-refractivity contribution in [2.45, 2.75) is 142 Å². The van der Waals surface area contributed by atoms with E-state index in [1.54, 1.807) is 0 Å². The third-order valence-corrected chi connectivity index (χ3v) is 10.1. The van der Waals surface area contributed by atoms with Crippen LogP contribution in [0.3, 0.4) is 0 Å². The van der Waals surface area contributed by atoms with E-state index in [-0.39, 0.29) is 0 Å². The largest absolute Gasteiger partial charge is 0.378 e. The van der Waals surface area contributed by atoms with Crippen molar-refractivity contribution in [1.29, 1.82) is 0 Å². The van der Waals surface area contributed by atoms with Gasteiger partial charge in [0.2, 0.25) is 0 Å². The molecule has 0 N–H and O–H groups in total. The summed E-state index contributed by atoms with van der Waals surface area (Å²) in [6.07, 6.45) is 27.3. The SMILES string of the molecule is CCCCCCCCCCCCOP(=O)(OCCCCCCCCCCCC)C(=S)SC. The van der Waals surface area contributed by atoms with E-state index in [4.69, 9.17) is 21.3 Å². The number of rotatable bonds is 25. The number of hydrogen-bond acceptors (Lipinski definition) is 5. The highest BCUT2D eigenvalue weighted by Crippen LogP contribution is 2.53. The Morgan fingerprint density at radius 1 is 0.594 bits per heavy atom. The second-order valence-electron chi connectivity index (χ2n) is 9.00. The van der Waals surface area contributed by atoms with Crippen molar-refractivity contribution in [2.24, 2.45) is 0 Å². The van der Waals surface area contributed by atoms with E-state index in [0.29, 0.717) is 17.2 Å². The molecule has 0 aromatic rings. The lowest BCUT2D eigenvalue weighted by Gasteiger charge is -2.18. The highest BCUT2D eigenvalue weighted by atomic mass is 32.2. The van der Waals surface area contributed by atoms with E-state index >= 15 is 0 Å². The molecule has 0 spiro atoms. The first-order valence-electron chi connectivity index (χ1n) is 13.6. The summed E-state index contributed by atoms with van der Waals surface area (Å²) in [4.78, 5) is 0. The second kappa shape index (κ2) is 24.7. The number of unbranched alkanes of at least 4 members (excludes halogenated alkanes) is 18. The summed E-state index contributed by atoms with van der Waals surface area (Å²) in [6, 6.07) is 0. The monoisotopic (exact) mass is 508 g/mol. The molecule has 32 heavy (non-hydrogen) atoms. The number of thiocarbonyl (C=S) groups is 1. The van der Waals surface area contributed by atoms with Gasteiger partial charge in [-0.3, -0.25) is 4.57 Å². The van der Waals surface area contributed by atoms with Gasteiger partial charge in [-0.2, -0.15) is 0 Å². The lowest BCUT2D eigenvalue weighted by atomic mass is 10.1. The molecular weight excluding hydrogens is 455 g/mol. The first-order valence-corrected chi connectivity index (χ1v) is 16.8. The summed E-state index contributed by atoms with van der Waals surface area (Å²) < 4.78 is 24.9. The molecule has 192 valence electrons. The molecule has 0 amide bonds. The van der Waals surface area contributed by atoms with Crippen LogP contribution >= 0.6 is 31.6 Å². The van der Waals surface area contributed by atoms with E-state index in [1.807, 2.05) is 6.26 Å². The van der Waals surface area contributed by atoms with Crippen molar-refractivity contribution in [3.63, 3.8) is 0 Å². The van der Waals surface area contributed by atoms with Gasteiger partial charge in [-0.1, -0.05) is 142 Å². The lowest BCUT2D eigenvalue weighted by molar-refractivity contribution is 0.209. The molecule has 0 aromatic heterocycles. The minimum absolute atomic E-state index is 0.372. The zero-order chi connectivity index (χ0) is 23.8. The van der Waals surface area contributed by atoms with Gasteiger partial charge in [0.1, 0.15) is 0 Å². The van der Waals surface area contributed by atoms with Gasteiger partial charge in [0.05, 0.1) is 13.2 Å². The summed E-state index contributed by atoms with van der Waals surface area (Å²) in [7, 11) is -3.27. The van der Waals surface area contributed by atoms with Crippen molar-refractivity contribution in [3.8, 4) is 0 Å². The maximum Gasteiger partial charge on any atom is 0.378 e. The maximum atomic E-state index is 13.1. The van der Waals surface area contributed by atoms with Gasteiger partial charge in [-0.25, -0.2) is 0 Å². The average molecular weight is 509 g/mol. The lowest BCUT2D eigenvalue weighted by Crippen LogP contribution is -2.05. The molecule has 0 aromatic carbocycles. The Kier molecular flexibility index (Phi) is 25.2. The Labute approximate surface area is 210 Å². The molecule has 0 heterocycles. The summed E-state index contributed by atoms with van der Waals surface area (Å²) in [5.41, 5.74) is 0. The standard InChI is InChI=1S/C26H53O3PS2/c1-4-6-8-10-12-14-16-18-20-22-24-28-30(27,26(31)32-3)29-25-23-21-19-17-15-13-11-9-7-5-2/h4-25H2,1-3H3. The van der Waals surface area contributed by atoms with Crippen LogP contribution in [-0.2, 0) is 13.6 Å². The van der Waals surface area contributed by atoms with Crippen molar-refractivity contribution in [2.75, 3.05) is 19.5 Å². The molecule has 0 unspecified atom stereocenters. The van der Waals surface area contributed by atoms with E-state index < -0.39 is 7.60 Å². The van der Waals surface area contributed by atoms with Crippen LogP contribution < -0.4 is 0 Å². The smallest absolute Gasteiger partial charge is 0.304 e. The van der Waals surface area contributed by atoms with Crippen molar-refractivity contribution < 1.29 is 13.6 Å². The Morgan fingerprint density at radius 3 is 1.16 bits per heavy atom. The highest BCUT2D eigenvalue weighted by Gasteiger charge is 2.30. The Morgan fingerprint density at radius 2 is 0.875 bits per heavy atom. The minimum atomic E-state index is -3.27. The van der Waals surface area contributed by atoms with Crippen LogP contribution in [0.4, 0.5) is 0 Å². The van der Waals surface area contributed by atoms with Gasteiger partial charge < -0.3 is 9.05 Å². The number of thioether (sulfide) groups is 1. The molecule has 6 heteroatoms. The molecule has 3 nitrogen and oxygen atoms in total. The zero-order valence-corrected chi connectivity index (χ0v) is 24.1. The van der Waals surface area contributed by atoms with Crippen LogP contribution in [0, 0.1) is 0 Å². The Hall–Kier alpha value is 0.590. The molecule has 0 aliphatic rings. The van der Waals surface area contributed by atoms with Crippen molar-refractivity contribution in [3.05, 3.63) is 0 Å². The Bertz CT molecular complexity index is 430. The summed E-state index contributed by atoms with van der Waals surface area (Å²) >= 11 is 6.61. The van der Waals surface area contributed by atoms with Crippen LogP contribution in [0.1, 0.15) is 142 Å². The molecular formula is C26H53O3PS2. The quantitative estimate of drug-likeness (QED) is 0.0696. The molecule has 0 atom stereocenters. The second-order valence-corrected chi connectivity index (χ2v) is 13.0. The molecule has 0 bridgehead atoms. The fraction of sp³-hybridized carbons (Fsp3) is 0.962. The van der Waals surface area contributed by atoms with Crippen LogP contribution in [-0.4, -0.2) is 23.4 Å². The van der Waals surface area contributed by atoms with Gasteiger partial charge in [-0.05, 0) is 19.1 Å². The summed E-state index contributed by atoms with van der Waals surface area (Å²) in [5.74, 6) is 0. The molecule has 0 radical (unpaired) electrons. The minimum Gasteiger partial charge on any atom is -0.304 e. The van der Waals surface area contributed by atoms with Crippen molar-refractivity contribution in [1.82, 2.24) is 0 Å². The molecule has 0 aliphatic heterocycles. The molecule has 0 rings (SSSR count). The van der Waals surface area contributed by atoms with E-state index in [0.717, 1.165) is 25.7 Å². The predicted molar refractivity (Wildman–Crippen MR) is 149 cm³/mol. The topological polar surface area (TPSA) is 35.5 Å². The van der Waals surface area contributed by atoms with E-state index in [1.165, 1.54) is 114 Å². The fourth-order valence-corrected chi connectivity index (χ4v) is 6.35. The molecule has 0 saturated heterocycles. The van der Waals surface area contributed by atoms with Crippen LogP contribution in [0.15, 0.2) is 0 Å². The Balaban J connectivity index is 3.77. The normalized spacial score (nSPS) is 11.8. The van der Waals surface area contributed by atoms with Gasteiger partial charge in [0.25, 0.3) is 0 Å². The fourth-order valence-electron chi connectivity index (χ4n) is 3.80. The van der Waals surface area contributed by atoms with E-state index in [2.05, 4.69) is 13.8 Å². The first kappa shape index (κ1) is 32.6. The number of hydrogen-bond donors (Lipinski definition) is 0. The third-order valence-electron chi connectivity index (χ3n) is 5.92. The summed E-state index contributed by atoms with van der Waals surface area (Å²) in [5, 5.41) is 0. The average Bonchev–Trinajstić information content (AvgIpc) is 2.80. The van der Waals surface area contributed by atoms with Crippen molar-refractivity contribution >= 4 is 35.5 Å². The highest BCUT2D eigenvalue weighted by molar-refractivity contribution is 8.35. The van der Waals surface area contributed by atoms with Gasteiger partial charge in [0, 0.05) is 0 Å².